The molecule has 0 amide bonds. The Balaban J connectivity index is 1.69. The third-order valence-corrected chi connectivity index (χ3v) is 7.28. The highest BCUT2D eigenvalue weighted by Crippen LogP contribution is 2.38. The number of hydrogen-bond donors (Lipinski definition) is 0. The molecule has 1 saturated heterocycles. The van der Waals surface area contributed by atoms with E-state index in [2.05, 4.69) is 9.72 Å². The Morgan fingerprint density at radius 1 is 1.12 bits per heavy atom. The second-order valence-corrected chi connectivity index (χ2v) is 9.79. The van der Waals surface area contributed by atoms with E-state index in [9.17, 15) is 30.8 Å². The van der Waals surface area contributed by atoms with Gasteiger partial charge in [-0.05, 0) is 29.8 Å². The third-order valence-electron chi connectivity index (χ3n) is 5.56. The van der Waals surface area contributed by atoms with E-state index < -0.39 is 45.6 Å². The van der Waals surface area contributed by atoms with Gasteiger partial charge in [-0.15, -0.1) is 13.2 Å². The van der Waals surface area contributed by atoms with Crippen LogP contribution in [-0.4, -0.2) is 47.5 Å². The minimum atomic E-state index is -4.93. The van der Waals surface area contributed by atoms with Crippen LogP contribution in [0.25, 0.3) is 0 Å². The maximum atomic E-state index is 13.5. The molecule has 12 heteroatoms. The number of sulfonamides is 1. The van der Waals surface area contributed by atoms with Crippen LogP contribution in [-0.2, 0) is 17.1 Å². The van der Waals surface area contributed by atoms with Crippen molar-refractivity contribution in [3.8, 4) is 5.75 Å². The topological polar surface area (TPSA) is 81.5 Å². The fraction of sp³-hybridized carbons (Fsp3) is 0.273. The van der Waals surface area contributed by atoms with Crippen molar-refractivity contribution in [2.45, 2.75) is 17.3 Å². The van der Waals surface area contributed by atoms with Crippen molar-refractivity contribution in [1.82, 2.24) is 13.9 Å². The van der Waals surface area contributed by atoms with Gasteiger partial charge in [-0.2, -0.15) is 4.31 Å². The van der Waals surface area contributed by atoms with Gasteiger partial charge in [0.25, 0.3) is 10.0 Å². The van der Waals surface area contributed by atoms with Crippen molar-refractivity contribution in [3.63, 3.8) is 0 Å². The predicted octanol–water partition coefficient (Wildman–Crippen LogP) is 3.75. The number of halogens is 4. The highest BCUT2D eigenvalue weighted by Gasteiger charge is 2.44. The molecule has 0 bridgehead atoms. The van der Waals surface area contributed by atoms with Gasteiger partial charge in [-0.1, -0.05) is 24.3 Å². The number of Topliss-reactive ketones (excluding diaryl/α,β-unsaturated/α-hetero) is 1. The van der Waals surface area contributed by atoms with Crippen LogP contribution in [0.2, 0.25) is 0 Å². The van der Waals surface area contributed by atoms with E-state index in [0.717, 1.165) is 16.4 Å². The zero-order chi connectivity index (χ0) is 24.7. The van der Waals surface area contributed by atoms with Crippen molar-refractivity contribution >= 4 is 15.8 Å². The molecule has 7 nitrogen and oxygen atoms in total. The molecular formula is C22H19F4N3O4S. The van der Waals surface area contributed by atoms with E-state index in [0.29, 0.717) is 5.56 Å². The van der Waals surface area contributed by atoms with Crippen molar-refractivity contribution < 1.29 is 35.5 Å². The number of rotatable bonds is 6. The molecule has 1 aliphatic heterocycles. The summed E-state index contributed by atoms with van der Waals surface area (Å²) in [6, 6.07) is 9.93. The first kappa shape index (κ1) is 23.9. The summed E-state index contributed by atoms with van der Waals surface area (Å²) < 4.78 is 84.1. The zero-order valence-electron chi connectivity index (χ0n) is 17.7. The van der Waals surface area contributed by atoms with Crippen molar-refractivity contribution in [2.75, 3.05) is 13.1 Å². The molecule has 0 spiro atoms. The van der Waals surface area contributed by atoms with E-state index >= 15 is 0 Å². The number of aryl methyl sites for hydroxylation is 1. The number of carbonyl (C=O) groups excluding carboxylic acids is 1. The van der Waals surface area contributed by atoms with Crippen molar-refractivity contribution in [3.05, 3.63) is 78.0 Å². The molecule has 0 N–H and O–H groups in total. The highest BCUT2D eigenvalue weighted by atomic mass is 32.2. The van der Waals surface area contributed by atoms with Crippen LogP contribution in [0.5, 0.6) is 5.75 Å². The summed E-state index contributed by atoms with van der Waals surface area (Å²) in [6.45, 7) is -0.302. The first-order valence-electron chi connectivity index (χ1n) is 10.1. The molecule has 1 aliphatic rings. The molecule has 0 radical (unpaired) electrons. The smallest absolute Gasteiger partial charge is 0.406 e. The number of aromatic nitrogens is 2. The molecule has 2 atom stereocenters. The van der Waals surface area contributed by atoms with Gasteiger partial charge in [0.2, 0.25) is 0 Å². The first-order chi connectivity index (χ1) is 15.9. The number of ketones is 1. The average Bonchev–Trinajstić information content (AvgIpc) is 3.40. The fourth-order valence-electron chi connectivity index (χ4n) is 3.99. The Labute approximate surface area is 192 Å². The van der Waals surface area contributed by atoms with Crippen LogP contribution in [0.4, 0.5) is 17.6 Å². The summed E-state index contributed by atoms with van der Waals surface area (Å²) in [5.41, 5.74) is 0.470. The van der Waals surface area contributed by atoms with Gasteiger partial charge in [0.15, 0.2) is 10.8 Å². The van der Waals surface area contributed by atoms with Crippen LogP contribution >= 0.6 is 0 Å². The lowest BCUT2D eigenvalue weighted by atomic mass is 9.84. The summed E-state index contributed by atoms with van der Waals surface area (Å²) in [5, 5.41) is -0.193. The molecule has 34 heavy (non-hydrogen) atoms. The van der Waals surface area contributed by atoms with Gasteiger partial charge in [-0.3, -0.25) is 4.79 Å². The summed E-state index contributed by atoms with van der Waals surface area (Å²) in [4.78, 5) is 17.3. The second-order valence-electron chi connectivity index (χ2n) is 7.90. The summed E-state index contributed by atoms with van der Waals surface area (Å²) in [6.07, 6.45) is -2.27. The second kappa shape index (κ2) is 8.84. The lowest BCUT2D eigenvalue weighted by molar-refractivity contribution is -0.274. The van der Waals surface area contributed by atoms with Crippen LogP contribution in [0.1, 0.15) is 21.8 Å². The van der Waals surface area contributed by atoms with E-state index in [1.807, 2.05) is 0 Å². The molecule has 2 heterocycles. The van der Waals surface area contributed by atoms with E-state index in [4.69, 9.17) is 0 Å². The van der Waals surface area contributed by atoms with Gasteiger partial charge in [0, 0.05) is 43.7 Å². The number of nitrogens with zero attached hydrogens (tertiary/aromatic N) is 3. The third kappa shape index (κ3) is 4.97. The van der Waals surface area contributed by atoms with Gasteiger partial charge < -0.3 is 9.30 Å². The lowest BCUT2D eigenvalue weighted by Crippen LogP contribution is -2.30. The quantitative estimate of drug-likeness (QED) is 0.383. The van der Waals surface area contributed by atoms with Gasteiger partial charge >= 0.3 is 6.36 Å². The number of ether oxygens (including phenoxy) is 1. The standard InChI is InChI=1S/C22H19F4N3O4S/c1-28-12-20(27-13-28)34(31,32)29-10-18(14-5-7-16(23)8-6-14)19(11-29)21(30)15-3-2-4-17(9-15)33-22(24,25)26/h2-9,12-13,18-19H,10-11H2,1H3/t18-,19+/m0/s1. The highest BCUT2D eigenvalue weighted by molar-refractivity contribution is 7.89. The Hall–Kier alpha value is -3.25. The van der Waals surface area contributed by atoms with Gasteiger partial charge in [0.1, 0.15) is 11.6 Å². The molecule has 2 aromatic carbocycles. The molecule has 0 aliphatic carbocycles. The normalized spacial score (nSPS) is 19.3. The predicted molar refractivity (Wildman–Crippen MR) is 112 cm³/mol. The van der Waals surface area contributed by atoms with Crippen molar-refractivity contribution in [1.29, 1.82) is 0 Å². The average molecular weight is 497 g/mol. The minimum Gasteiger partial charge on any atom is -0.406 e. The summed E-state index contributed by atoms with van der Waals surface area (Å²) in [5.74, 6) is -3.20. The summed E-state index contributed by atoms with van der Waals surface area (Å²) >= 11 is 0. The van der Waals surface area contributed by atoms with Crippen LogP contribution < -0.4 is 4.74 Å². The van der Waals surface area contributed by atoms with Crippen molar-refractivity contribution in [2.24, 2.45) is 13.0 Å². The number of benzene rings is 2. The number of carbonyl (C=O) groups is 1. The first-order valence-corrected chi connectivity index (χ1v) is 11.5. The SMILES string of the molecule is Cn1cnc(S(=O)(=O)N2C[C@@H](C(=O)c3cccc(OC(F)(F)F)c3)[C@H](c3ccc(F)cc3)C2)c1. The van der Waals surface area contributed by atoms with E-state index in [1.165, 1.54) is 53.5 Å². The molecule has 180 valence electrons. The Kier molecular flexibility index (Phi) is 6.21. The fourth-order valence-corrected chi connectivity index (χ4v) is 5.45. The van der Waals surface area contributed by atoms with E-state index in [1.54, 1.807) is 7.05 Å². The maximum absolute atomic E-state index is 13.5. The number of imidazole rings is 1. The van der Waals surface area contributed by atoms with Gasteiger partial charge in [-0.25, -0.2) is 17.8 Å². The number of alkyl halides is 3. The molecule has 0 saturated carbocycles. The summed E-state index contributed by atoms with van der Waals surface area (Å²) in [7, 11) is -2.44. The largest absolute Gasteiger partial charge is 0.573 e. The van der Waals surface area contributed by atoms with E-state index in [-0.39, 0.29) is 23.7 Å². The Bertz CT molecular complexity index is 1310. The molecule has 4 rings (SSSR count). The molecule has 1 aromatic heterocycles. The molecule has 0 unspecified atom stereocenters. The maximum Gasteiger partial charge on any atom is 0.573 e. The Morgan fingerprint density at radius 3 is 2.44 bits per heavy atom. The van der Waals surface area contributed by atoms with Crippen LogP contribution in [0, 0.1) is 11.7 Å². The lowest BCUT2D eigenvalue weighted by Gasteiger charge is -2.18. The van der Waals surface area contributed by atoms with Crippen LogP contribution in [0.15, 0.2) is 66.1 Å². The van der Waals surface area contributed by atoms with Crippen LogP contribution in [0.3, 0.4) is 0 Å². The monoisotopic (exact) mass is 497 g/mol. The molecular weight excluding hydrogens is 478 g/mol. The minimum absolute atomic E-state index is 0.0593. The number of hydrogen-bond acceptors (Lipinski definition) is 5. The molecule has 3 aromatic rings. The zero-order valence-corrected chi connectivity index (χ0v) is 18.6. The molecule has 1 fully saturated rings. The van der Waals surface area contributed by atoms with Gasteiger partial charge in [0.05, 0.1) is 6.33 Å². The Morgan fingerprint density at radius 2 is 1.82 bits per heavy atom.